The first-order valence-corrected chi connectivity index (χ1v) is 4.97. The zero-order valence-electron chi connectivity index (χ0n) is 8.96. The molecule has 0 unspecified atom stereocenters. The monoisotopic (exact) mass is 237 g/mol. The molecule has 6 heteroatoms. The fourth-order valence-corrected chi connectivity index (χ4v) is 1.89. The molecule has 2 atom stereocenters. The number of alkyl halides is 3. The van der Waals surface area contributed by atoms with E-state index >= 15 is 0 Å². The third-order valence-electron chi connectivity index (χ3n) is 2.52. The van der Waals surface area contributed by atoms with Gasteiger partial charge in [-0.2, -0.15) is 0 Å². The number of nitrogens with zero attached hydrogens (tertiary/aromatic N) is 1. The van der Waals surface area contributed by atoms with Crippen LogP contribution in [0.25, 0.3) is 0 Å². The molecule has 1 fully saturated rings. The Bertz CT molecular complexity index is 278. The number of carbonyl (C=O) groups excluding carboxylic acids is 1. The van der Waals surface area contributed by atoms with Crippen LogP contribution >= 0.6 is 0 Å². The van der Waals surface area contributed by atoms with Gasteiger partial charge in [0, 0.05) is 6.54 Å². The van der Waals surface area contributed by atoms with Crippen molar-refractivity contribution in [2.75, 3.05) is 13.2 Å². The van der Waals surface area contributed by atoms with Crippen LogP contribution in [-0.2, 0) is 9.53 Å². The highest BCUT2D eigenvalue weighted by Gasteiger charge is 2.36. The van der Waals surface area contributed by atoms with Gasteiger partial charge < -0.3 is 4.90 Å². The van der Waals surface area contributed by atoms with E-state index in [-0.39, 0.29) is 11.8 Å². The van der Waals surface area contributed by atoms with E-state index in [1.807, 2.05) is 6.92 Å². The van der Waals surface area contributed by atoms with Gasteiger partial charge in [0.15, 0.2) is 0 Å². The minimum absolute atomic E-state index is 0.186. The van der Waals surface area contributed by atoms with Crippen molar-refractivity contribution in [2.45, 2.75) is 25.7 Å². The summed E-state index contributed by atoms with van der Waals surface area (Å²) in [5.41, 5.74) is 0. The first kappa shape index (κ1) is 13.0. The fourth-order valence-electron chi connectivity index (χ4n) is 1.89. The lowest BCUT2D eigenvalue weighted by Crippen LogP contribution is -2.38. The first-order chi connectivity index (χ1) is 7.33. The van der Waals surface area contributed by atoms with Gasteiger partial charge in [-0.3, -0.25) is 9.53 Å². The quantitative estimate of drug-likeness (QED) is 0.702. The van der Waals surface area contributed by atoms with Crippen molar-refractivity contribution >= 4 is 5.91 Å². The van der Waals surface area contributed by atoms with E-state index in [9.17, 15) is 18.0 Å². The van der Waals surface area contributed by atoms with Crippen LogP contribution in [0.15, 0.2) is 12.7 Å². The highest BCUT2D eigenvalue weighted by molar-refractivity contribution is 5.87. The minimum Gasteiger partial charge on any atom is -0.334 e. The maximum Gasteiger partial charge on any atom is 0.522 e. The zero-order chi connectivity index (χ0) is 12.3. The average Bonchev–Trinajstić information content (AvgIpc) is 2.54. The Balaban J connectivity index is 2.56. The maximum atomic E-state index is 11.9. The molecule has 0 saturated carbocycles. The molecular weight excluding hydrogens is 223 g/mol. The first-order valence-electron chi connectivity index (χ1n) is 4.97. The van der Waals surface area contributed by atoms with Crippen molar-refractivity contribution in [3.63, 3.8) is 0 Å². The highest BCUT2D eigenvalue weighted by Crippen LogP contribution is 2.26. The average molecular weight is 237 g/mol. The third-order valence-corrected chi connectivity index (χ3v) is 2.52. The summed E-state index contributed by atoms with van der Waals surface area (Å²) in [6, 6.07) is -0.512. The van der Waals surface area contributed by atoms with Crippen LogP contribution in [-0.4, -0.2) is 36.4 Å². The van der Waals surface area contributed by atoms with Crippen LogP contribution in [0.2, 0.25) is 0 Å². The highest BCUT2D eigenvalue weighted by atomic mass is 19.4. The van der Waals surface area contributed by atoms with E-state index in [1.165, 1.54) is 4.90 Å². The van der Waals surface area contributed by atoms with Gasteiger partial charge in [-0.15, -0.1) is 13.2 Å². The lowest BCUT2D eigenvalue weighted by Gasteiger charge is -2.23. The predicted octanol–water partition coefficient (Wildman–Crippen LogP) is 1.95. The molecule has 0 bridgehead atoms. The predicted molar refractivity (Wildman–Crippen MR) is 51.5 cm³/mol. The van der Waals surface area contributed by atoms with Crippen molar-refractivity contribution < 1.29 is 22.7 Å². The second-order valence-electron chi connectivity index (χ2n) is 3.95. The molecule has 0 aromatic rings. The number of amides is 1. The summed E-state index contributed by atoms with van der Waals surface area (Å²) < 4.78 is 39.4. The molecule has 0 aliphatic carbocycles. The summed E-state index contributed by atoms with van der Waals surface area (Å²) in [4.78, 5) is 12.7. The summed E-state index contributed by atoms with van der Waals surface area (Å²) in [7, 11) is 0. The Hall–Kier alpha value is -1.04. The molecule has 0 spiro atoms. The number of rotatable bonds is 3. The SMILES string of the molecule is C=CC(=O)N1C[C@@H](C)C[C@@H]1COC(F)(F)F. The summed E-state index contributed by atoms with van der Waals surface area (Å²) in [6.45, 7) is 5.15. The van der Waals surface area contributed by atoms with Gasteiger partial charge in [0.2, 0.25) is 5.91 Å². The lowest BCUT2D eigenvalue weighted by molar-refractivity contribution is -0.327. The van der Waals surface area contributed by atoms with Crippen molar-refractivity contribution in [3.8, 4) is 0 Å². The Morgan fingerprint density at radius 1 is 1.62 bits per heavy atom. The van der Waals surface area contributed by atoms with E-state index in [2.05, 4.69) is 11.3 Å². The van der Waals surface area contributed by atoms with Crippen molar-refractivity contribution in [3.05, 3.63) is 12.7 Å². The topological polar surface area (TPSA) is 29.5 Å². The molecule has 1 rings (SSSR count). The summed E-state index contributed by atoms with van der Waals surface area (Å²) in [6.07, 6.45) is -3.01. The standard InChI is InChI=1S/C10H14F3NO2/c1-3-9(15)14-5-7(2)4-8(14)6-16-10(11,12)13/h3,7-8H,1,4-6H2,2H3/t7-,8+/m0/s1. The Labute approximate surface area is 91.9 Å². The van der Waals surface area contributed by atoms with E-state index in [4.69, 9.17) is 0 Å². The normalized spacial score (nSPS) is 25.9. The summed E-state index contributed by atoms with van der Waals surface area (Å²) >= 11 is 0. The molecule has 16 heavy (non-hydrogen) atoms. The van der Waals surface area contributed by atoms with Crippen molar-refractivity contribution in [1.29, 1.82) is 0 Å². The van der Waals surface area contributed by atoms with Gasteiger partial charge in [-0.05, 0) is 18.4 Å². The molecule has 1 amide bonds. The van der Waals surface area contributed by atoms with E-state index in [0.29, 0.717) is 13.0 Å². The van der Waals surface area contributed by atoms with Gasteiger partial charge in [-0.1, -0.05) is 13.5 Å². The van der Waals surface area contributed by atoms with Crippen LogP contribution in [0.4, 0.5) is 13.2 Å². The number of hydrogen-bond donors (Lipinski definition) is 0. The number of carbonyl (C=O) groups is 1. The summed E-state index contributed by atoms with van der Waals surface area (Å²) in [5, 5.41) is 0. The zero-order valence-corrected chi connectivity index (χ0v) is 8.96. The van der Waals surface area contributed by atoms with Gasteiger partial charge in [0.05, 0.1) is 12.6 Å². The molecule has 3 nitrogen and oxygen atoms in total. The van der Waals surface area contributed by atoms with Crippen molar-refractivity contribution in [1.82, 2.24) is 4.90 Å². The molecule has 1 heterocycles. The van der Waals surface area contributed by atoms with Crippen LogP contribution in [0.1, 0.15) is 13.3 Å². The second kappa shape index (κ2) is 4.86. The molecule has 1 aliphatic heterocycles. The number of likely N-dealkylation sites (tertiary alicyclic amines) is 1. The van der Waals surface area contributed by atoms with Gasteiger partial charge >= 0.3 is 6.36 Å². The summed E-state index contributed by atoms with van der Waals surface area (Å²) in [5.74, 6) is -0.161. The van der Waals surface area contributed by atoms with E-state index < -0.39 is 19.0 Å². The molecule has 92 valence electrons. The number of ether oxygens (including phenoxy) is 1. The van der Waals surface area contributed by atoms with Crippen LogP contribution in [0.3, 0.4) is 0 Å². The van der Waals surface area contributed by atoms with Gasteiger partial charge in [0.1, 0.15) is 0 Å². The fraction of sp³-hybridized carbons (Fsp3) is 0.700. The third kappa shape index (κ3) is 3.52. The number of hydrogen-bond acceptors (Lipinski definition) is 2. The molecule has 0 aromatic heterocycles. The molecule has 1 saturated heterocycles. The van der Waals surface area contributed by atoms with E-state index in [0.717, 1.165) is 6.08 Å². The molecule has 0 aromatic carbocycles. The maximum absolute atomic E-state index is 11.9. The molecule has 1 aliphatic rings. The Morgan fingerprint density at radius 3 is 2.75 bits per heavy atom. The Morgan fingerprint density at radius 2 is 2.25 bits per heavy atom. The Kier molecular flexibility index (Phi) is 3.96. The smallest absolute Gasteiger partial charge is 0.334 e. The number of halogens is 3. The minimum atomic E-state index is -4.64. The van der Waals surface area contributed by atoms with Crippen molar-refractivity contribution in [2.24, 2.45) is 5.92 Å². The van der Waals surface area contributed by atoms with Crippen LogP contribution in [0, 0.1) is 5.92 Å². The van der Waals surface area contributed by atoms with Crippen LogP contribution in [0.5, 0.6) is 0 Å². The van der Waals surface area contributed by atoms with E-state index in [1.54, 1.807) is 0 Å². The molecular formula is C10H14F3NO2. The lowest BCUT2D eigenvalue weighted by atomic mass is 10.1. The second-order valence-corrected chi connectivity index (χ2v) is 3.95. The largest absolute Gasteiger partial charge is 0.522 e. The van der Waals surface area contributed by atoms with Gasteiger partial charge in [-0.25, -0.2) is 0 Å². The van der Waals surface area contributed by atoms with Gasteiger partial charge in [0.25, 0.3) is 0 Å². The van der Waals surface area contributed by atoms with Crippen LogP contribution < -0.4 is 0 Å². The molecule has 0 N–H and O–H groups in total. The molecule has 0 radical (unpaired) electrons.